The third-order valence-electron chi connectivity index (χ3n) is 1.83. The number of hydroxylamine groups is 3. The largest absolute Gasteiger partial charge is 1.00 e. The maximum atomic E-state index is 11.2. The van der Waals surface area contributed by atoms with Gasteiger partial charge in [-0.15, -0.1) is 14.5 Å². The molecule has 1 atom stereocenters. The molecule has 0 spiro atoms. The fourth-order valence-electron chi connectivity index (χ4n) is 0.989. The number of carbonyl (C=O) groups is 1. The highest BCUT2D eigenvalue weighted by atomic mass is 35.5. The minimum absolute atomic E-state index is 0. The number of carbonyl (C=O) groups excluding carboxylic acids is 1. The van der Waals surface area contributed by atoms with E-state index in [-0.39, 0.29) is 12.4 Å². The van der Waals surface area contributed by atoms with Crippen LogP contribution in [0.3, 0.4) is 0 Å². The molecule has 6 nitrogen and oxygen atoms in total. The van der Waals surface area contributed by atoms with Gasteiger partial charge in [-0.25, -0.2) is 4.79 Å². The third kappa shape index (κ3) is 4.07. The fraction of sp³-hybridized carbons (Fsp3) is 0.667. The zero-order valence-electron chi connectivity index (χ0n) is 10.2. The maximum Gasteiger partial charge on any atom is 0.337 e. The Morgan fingerprint density at radius 1 is 1.19 bits per heavy atom. The van der Waals surface area contributed by atoms with Gasteiger partial charge in [0.2, 0.25) is 0 Å². The molecule has 16 heavy (non-hydrogen) atoms. The number of rotatable bonds is 6. The molecule has 0 aliphatic carbocycles. The summed E-state index contributed by atoms with van der Waals surface area (Å²) in [6, 6.07) is 0. The minimum Gasteiger partial charge on any atom is -1.00 e. The molecule has 7 heteroatoms. The van der Waals surface area contributed by atoms with Gasteiger partial charge < -0.3 is 17.1 Å². The Hall–Kier alpha value is -0.660. The normalized spacial score (nSPS) is 12.6. The van der Waals surface area contributed by atoms with E-state index >= 15 is 0 Å². The second-order valence-electron chi connectivity index (χ2n) is 2.87. The van der Waals surface area contributed by atoms with E-state index in [1.807, 2.05) is 0 Å². The maximum absolute atomic E-state index is 11.2. The Labute approximate surface area is 102 Å². The van der Waals surface area contributed by atoms with Crippen LogP contribution in [0.5, 0.6) is 0 Å². The van der Waals surface area contributed by atoms with Crippen molar-refractivity contribution < 1.29 is 41.4 Å². The third-order valence-corrected chi connectivity index (χ3v) is 1.83. The van der Waals surface area contributed by atoms with Gasteiger partial charge in [0.1, 0.15) is 26.3 Å². The summed E-state index contributed by atoms with van der Waals surface area (Å²) in [4.78, 5) is 25.4. The van der Waals surface area contributed by atoms with E-state index in [2.05, 4.69) is 6.58 Å². The van der Waals surface area contributed by atoms with E-state index in [4.69, 9.17) is 19.2 Å². The molecule has 0 saturated carbocycles. The van der Waals surface area contributed by atoms with Crippen molar-refractivity contribution in [3.63, 3.8) is 0 Å². The molecule has 0 heterocycles. The van der Waals surface area contributed by atoms with Crippen molar-refractivity contribution in [1.82, 2.24) is 0 Å². The van der Waals surface area contributed by atoms with Crippen molar-refractivity contribution in [3.8, 4) is 0 Å². The number of quaternary nitrogens is 1. The first-order valence-corrected chi connectivity index (χ1v) is 4.36. The molecule has 0 N–H and O–H groups in total. The van der Waals surface area contributed by atoms with Gasteiger partial charge in [-0.2, -0.15) is 0 Å². The van der Waals surface area contributed by atoms with Crippen LogP contribution in [0, 0.1) is 0 Å². The number of hydrogen-bond acceptors (Lipinski definition) is 5. The Kier molecular flexibility index (Phi) is 8.41. The van der Waals surface area contributed by atoms with Crippen LogP contribution in [0.4, 0.5) is 0 Å². The lowest BCUT2D eigenvalue weighted by Gasteiger charge is -2.29. The summed E-state index contributed by atoms with van der Waals surface area (Å²) in [5.41, 5.74) is 0.295. The van der Waals surface area contributed by atoms with Crippen molar-refractivity contribution in [2.24, 2.45) is 0 Å². The lowest BCUT2D eigenvalue weighted by Crippen LogP contribution is -3.00. The van der Waals surface area contributed by atoms with E-state index in [0.717, 1.165) is 0 Å². The Balaban J connectivity index is 0. The molecule has 96 valence electrons. The van der Waals surface area contributed by atoms with Crippen molar-refractivity contribution in [2.45, 2.75) is 20.1 Å². The quantitative estimate of drug-likeness (QED) is 0.180. The van der Waals surface area contributed by atoms with Crippen molar-refractivity contribution in [3.05, 3.63) is 12.2 Å². The zero-order valence-corrected chi connectivity index (χ0v) is 10.9. The number of ether oxygens (including phenoxy) is 1. The number of nitrogens with zero attached hydrogens (tertiary/aromatic N) is 1. The van der Waals surface area contributed by atoms with E-state index in [1.165, 1.54) is 21.3 Å². The molecule has 0 aliphatic heterocycles. The van der Waals surface area contributed by atoms with Crippen LogP contribution >= 0.6 is 0 Å². The first-order chi connectivity index (χ1) is 6.93. The summed E-state index contributed by atoms with van der Waals surface area (Å²) < 4.78 is 5.01. The highest BCUT2D eigenvalue weighted by Crippen LogP contribution is 2.16. The lowest BCUT2D eigenvalue weighted by molar-refractivity contribution is -1.38. The molecule has 0 aliphatic rings. The van der Waals surface area contributed by atoms with Crippen LogP contribution in [0.25, 0.3) is 0 Å². The van der Waals surface area contributed by atoms with Crippen LogP contribution in [0.15, 0.2) is 12.2 Å². The van der Waals surface area contributed by atoms with Crippen LogP contribution in [0.1, 0.15) is 13.8 Å². The topological polar surface area (TPSA) is 54.0 Å². The summed E-state index contributed by atoms with van der Waals surface area (Å²) in [6.45, 7) is 6.60. The second-order valence-corrected chi connectivity index (χ2v) is 2.87. The van der Waals surface area contributed by atoms with Gasteiger partial charge in [0.25, 0.3) is 0 Å². The minimum atomic E-state index is -0.769. The number of esters is 1. The molecule has 0 saturated heterocycles. The van der Waals surface area contributed by atoms with Crippen molar-refractivity contribution >= 4 is 5.97 Å². The molecule has 0 fully saturated rings. The summed E-state index contributed by atoms with van der Waals surface area (Å²) in [5.74, 6) is -0.531. The van der Waals surface area contributed by atoms with Gasteiger partial charge in [0.15, 0.2) is 0 Å². The second kappa shape index (κ2) is 7.59. The molecule has 0 aromatic heterocycles. The first-order valence-electron chi connectivity index (χ1n) is 4.36. The van der Waals surface area contributed by atoms with Gasteiger partial charge in [-0.05, 0) is 6.92 Å². The van der Waals surface area contributed by atoms with E-state index in [9.17, 15) is 4.79 Å². The molecule has 0 aromatic rings. The molecular formula is C9H18ClNO5. The average molecular weight is 256 g/mol. The summed E-state index contributed by atoms with van der Waals surface area (Å²) in [6.07, 6.45) is -0.769. The Bertz CT molecular complexity index is 234. The molecule has 0 aromatic carbocycles. The monoisotopic (exact) mass is 255 g/mol. The highest BCUT2D eigenvalue weighted by molar-refractivity contribution is 5.86. The van der Waals surface area contributed by atoms with Gasteiger partial charge in [-0.3, -0.25) is 0 Å². The summed E-state index contributed by atoms with van der Waals surface area (Å²) in [5, 5.41) is 0. The van der Waals surface area contributed by atoms with Crippen LogP contribution in [-0.2, 0) is 24.0 Å². The Morgan fingerprint density at radius 2 is 1.56 bits per heavy atom. The van der Waals surface area contributed by atoms with Crippen LogP contribution < -0.4 is 12.4 Å². The molecular weight excluding hydrogens is 238 g/mol. The average Bonchev–Trinajstić information content (AvgIpc) is 2.21. The van der Waals surface area contributed by atoms with Crippen molar-refractivity contribution in [2.75, 3.05) is 21.3 Å². The smallest absolute Gasteiger partial charge is 0.337 e. The van der Waals surface area contributed by atoms with Gasteiger partial charge >= 0.3 is 12.2 Å². The lowest BCUT2D eigenvalue weighted by atomic mass is 10.4. The van der Waals surface area contributed by atoms with E-state index < -0.39 is 17.2 Å². The number of halogens is 1. The van der Waals surface area contributed by atoms with Crippen LogP contribution in [0.2, 0.25) is 0 Å². The molecule has 0 bridgehead atoms. The van der Waals surface area contributed by atoms with Crippen LogP contribution in [-0.4, -0.2) is 38.5 Å². The van der Waals surface area contributed by atoms with Crippen molar-refractivity contribution in [1.29, 1.82) is 0 Å². The standard InChI is InChI=1S/C9H18NO5.ClH/c1-7(2)9(11)15-8(3)10(12-4,13-5)14-6;/h8H,1H2,2-6H3;1H/q+1;/p-1. The summed E-state index contributed by atoms with van der Waals surface area (Å²) in [7, 11) is 4.12. The Morgan fingerprint density at radius 3 is 1.81 bits per heavy atom. The van der Waals surface area contributed by atoms with E-state index in [1.54, 1.807) is 13.8 Å². The molecule has 0 amide bonds. The first kappa shape index (κ1) is 17.7. The molecule has 1 unspecified atom stereocenters. The summed E-state index contributed by atoms with van der Waals surface area (Å²) >= 11 is 0. The SMILES string of the molecule is C=C(C)C(=O)OC(C)[N+](OC)(OC)OC.[Cl-]. The zero-order chi connectivity index (χ0) is 12.1. The molecule has 0 radical (unpaired) electrons. The molecule has 0 rings (SSSR count). The number of hydrogen-bond donors (Lipinski definition) is 0. The predicted molar refractivity (Wildman–Crippen MR) is 51.7 cm³/mol. The highest BCUT2D eigenvalue weighted by Gasteiger charge is 2.42. The van der Waals surface area contributed by atoms with Gasteiger partial charge in [0.05, 0.1) is 0 Å². The van der Waals surface area contributed by atoms with Gasteiger partial charge in [0, 0.05) is 12.5 Å². The van der Waals surface area contributed by atoms with Gasteiger partial charge in [-0.1, -0.05) is 6.58 Å². The van der Waals surface area contributed by atoms with E-state index in [0.29, 0.717) is 5.57 Å². The predicted octanol–water partition coefficient (Wildman–Crippen LogP) is -2.04. The fourth-order valence-corrected chi connectivity index (χ4v) is 0.989.